The molecule has 0 aliphatic heterocycles. The first kappa shape index (κ1) is 16.7. The average molecular weight is 370 g/mol. The molecule has 0 unspecified atom stereocenters. The number of benzene rings is 2. The standard InChI is InChI=1S/C20H16ClNO4/c21-14-4-5-15(17(22)9-14)20(24)25-10-13-8-19(23)26-18-7-12-3-1-2-11(12)6-16(13)18/h4-9H,1-3,10,22H2. The van der Waals surface area contributed by atoms with Crippen molar-refractivity contribution in [3.05, 3.63) is 74.1 Å². The molecule has 0 saturated heterocycles. The number of hydrogen-bond acceptors (Lipinski definition) is 5. The average Bonchev–Trinajstić information content (AvgIpc) is 3.04. The lowest BCUT2D eigenvalue weighted by Gasteiger charge is -2.10. The highest BCUT2D eigenvalue weighted by Gasteiger charge is 2.17. The van der Waals surface area contributed by atoms with E-state index in [1.165, 1.54) is 29.3 Å². The molecule has 0 spiro atoms. The van der Waals surface area contributed by atoms with Gasteiger partial charge in [0.05, 0.1) is 5.56 Å². The lowest BCUT2D eigenvalue weighted by Crippen LogP contribution is -2.10. The fourth-order valence-electron chi connectivity index (χ4n) is 3.35. The minimum atomic E-state index is -0.568. The first-order chi connectivity index (χ1) is 12.5. The van der Waals surface area contributed by atoms with Gasteiger partial charge in [-0.3, -0.25) is 0 Å². The molecule has 1 aliphatic rings. The molecular formula is C20H16ClNO4. The van der Waals surface area contributed by atoms with Gasteiger partial charge in [0.15, 0.2) is 0 Å². The van der Waals surface area contributed by atoms with E-state index in [1.807, 2.05) is 12.1 Å². The third-order valence-electron chi connectivity index (χ3n) is 4.63. The monoisotopic (exact) mass is 369 g/mol. The summed E-state index contributed by atoms with van der Waals surface area (Å²) < 4.78 is 10.7. The minimum Gasteiger partial charge on any atom is -0.457 e. The number of nitrogens with two attached hydrogens (primary N) is 1. The van der Waals surface area contributed by atoms with Gasteiger partial charge in [-0.05, 0) is 60.7 Å². The van der Waals surface area contributed by atoms with Crippen molar-refractivity contribution in [1.82, 2.24) is 0 Å². The number of esters is 1. The van der Waals surface area contributed by atoms with Gasteiger partial charge in [-0.1, -0.05) is 11.6 Å². The maximum absolute atomic E-state index is 12.3. The molecule has 2 N–H and O–H groups in total. The van der Waals surface area contributed by atoms with E-state index in [2.05, 4.69) is 0 Å². The van der Waals surface area contributed by atoms with Gasteiger partial charge >= 0.3 is 11.6 Å². The van der Waals surface area contributed by atoms with E-state index in [-0.39, 0.29) is 17.9 Å². The van der Waals surface area contributed by atoms with Crippen molar-refractivity contribution >= 4 is 34.2 Å². The molecular weight excluding hydrogens is 354 g/mol. The molecule has 0 fully saturated rings. The molecule has 1 aliphatic carbocycles. The molecule has 2 aromatic carbocycles. The maximum atomic E-state index is 12.3. The fraction of sp³-hybridized carbons (Fsp3) is 0.200. The number of fused-ring (bicyclic) bond motifs is 2. The summed E-state index contributed by atoms with van der Waals surface area (Å²) in [5.74, 6) is -0.568. The third-order valence-corrected chi connectivity index (χ3v) is 4.87. The highest BCUT2D eigenvalue weighted by Crippen LogP contribution is 2.29. The van der Waals surface area contributed by atoms with Crippen LogP contribution < -0.4 is 11.4 Å². The van der Waals surface area contributed by atoms with E-state index in [1.54, 1.807) is 6.07 Å². The van der Waals surface area contributed by atoms with Gasteiger partial charge in [-0.2, -0.15) is 0 Å². The summed E-state index contributed by atoms with van der Waals surface area (Å²) in [6, 6.07) is 9.90. The van der Waals surface area contributed by atoms with Gasteiger partial charge in [-0.25, -0.2) is 9.59 Å². The van der Waals surface area contributed by atoms with Crippen LogP contribution in [-0.2, 0) is 24.2 Å². The molecule has 1 aromatic heterocycles. The van der Waals surface area contributed by atoms with Gasteiger partial charge < -0.3 is 14.9 Å². The van der Waals surface area contributed by atoms with Crippen LogP contribution in [0.1, 0.15) is 33.5 Å². The number of rotatable bonds is 3. The summed E-state index contributed by atoms with van der Waals surface area (Å²) in [4.78, 5) is 24.2. The van der Waals surface area contributed by atoms with Crippen LogP contribution in [0.4, 0.5) is 5.69 Å². The quantitative estimate of drug-likeness (QED) is 0.430. The molecule has 132 valence electrons. The van der Waals surface area contributed by atoms with Crippen molar-refractivity contribution in [3.8, 4) is 0 Å². The molecule has 0 amide bonds. The molecule has 3 aromatic rings. The molecule has 5 nitrogen and oxygen atoms in total. The Bertz CT molecular complexity index is 1090. The largest absolute Gasteiger partial charge is 0.457 e. The van der Waals surface area contributed by atoms with Crippen molar-refractivity contribution in [3.63, 3.8) is 0 Å². The molecule has 26 heavy (non-hydrogen) atoms. The molecule has 6 heteroatoms. The Labute approximate surface area is 154 Å². The molecule has 4 rings (SSSR count). The topological polar surface area (TPSA) is 82.5 Å². The number of halogens is 1. The Balaban J connectivity index is 1.64. The van der Waals surface area contributed by atoms with Crippen molar-refractivity contribution < 1.29 is 13.9 Å². The number of hydrogen-bond donors (Lipinski definition) is 1. The fourth-order valence-corrected chi connectivity index (χ4v) is 3.54. The predicted octanol–water partition coefficient (Wildman–Crippen LogP) is 3.87. The van der Waals surface area contributed by atoms with Gasteiger partial charge in [0.2, 0.25) is 0 Å². The Morgan fingerprint density at radius 1 is 1.15 bits per heavy atom. The van der Waals surface area contributed by atoms with E-state index in [0.717, 1.165) is 24.6 Å². The summed E-state index contributed by atoms with van der Waals surface area (Å²) in [6.07, 6.45) is 3.09. The van der Waals surface area contributed by atoms with Crippen LogP contribution in [0.2, 0.25) is 5.02 Å². The summed E-state index contributed by atoms with van der Waals surface area (Å²) in [5.41, 5.74) is 9.44. The van der Waals surface area contributed by atoms with Gasteiger partial charge in [-0.15, -0.1) is 0 Å². The van der Waals surface area contributed by atoms with E-state index in [9.17, 15) is 9.59 Å². The Kier molecular flexibility index (Phi) is 4.17. The van der Waals surface area contributed by atoms with E-state index >= 15 is 0 Å². The Morgan fingerprint density at radius 3 is 2.69 bits per heavy atom. The van der Waals surface area contributed by atoms with E-state index in [4.69, 9.17) is 26.5 Å². The highest BCUT2D eigenvalue weighted by atomic mass is 35.5. The molecule has 1 heterocycles. The number of nitrogen functional groups attached to an aromatic ring is 1. The van der Waals surface area contributed by atoms with Crippen molar-refractivity contribution in [1.29, 1.82) is 0 Å². The highest BCUT2D eigenvalue weighted by molar-refractivity contribution is 6.31. The lowest BCUT2D eigenvalue weighted by molar-refractivity contribution is 0.0475. The number of carbonyl (C=O) groups is 1. The number of ether oxygens (including phenoxy) is 1. The SMILES string of the molecule is Nc1cc(Cl)ccc1C(=O)OCc1cc(=O)oc2cc3c(cc12)CCC3. The summed E-state index contributed by atoms with van der Waals surface area (Å²) in [6.45, 7) is -0.0399. The summed E-state index contributed by atoms with van der Waals surface area (Å²) in [5, 5.41) is 1.24. The van der Waals surface area contributed by atoms with Crippen molar-refractivity contribution in [2.45, 2.75) is 25.9 Å². The number of carbonyl (C=O) groups excluding carboxylic acids is 1. The van der Waals surface area contributed by atoms with Crippen LogP contribution in [0.15, 0.2) is 45.6 Å². The zero-order chi connectivity index (χ0) is 18.3. The van der Waals surface area contributed by atoms with Crippen LogP contribution in [-0.4, -0.2) is 5.97 Å². The number of anilines is 1. The van der Waals surface area contributed by atoms with Crippen LogP contribution >= 0.6 is 11.6 Å². The second-order valence-electron chi connectivity index (χ2n) is 6.37. The summed E-state index contributed by atoms with van der Waals surface area (Å²) >= 11 is 5.85. The zero-order valence-electron chi connectivity index (χ0n) is 13.9. The maximum Gasteiger partial charge on any atom is 0.340 e. The second kappa shape index (κ2) is 6.50. The second-order valence-corrected chi connectivity index (χ2v) is 6.81. The first-order valence-electron chi connectivity index (χ1n) is 8.32. The van der Waals surface area contributed by atoms with Crippen LogP contribution in [0, 0.1) is 0 Å². The molecule has 0 bridgehead atoms. The van der Waals surface area contributed by atoms with Crippen molar-refractivity contribution in [2.24, 2.45) is 0 Å². The smallest absolute Gasteiger partial charge is 0.340 e. The first-order valence-corrected chi connectivity index (χ1v) is 8.70. The zero-order valence-corrected chi connectivity index (χ0v) is 14.6. The van der Waals surface area contributed by atoms with Gasteiger partial charge in [0, 0.05) is 27.7 Å². The van der Waals surface area contributed by atoms with Gasteiger partial charge in [0.25, 0.3) is 0 Å². The van der Waals surface area contributed by atoms with Gasteiger partial charge in [0.1, 0.15) is 12.2 Å². The third kappa shape index (κ3) is 3.06. The Morgan fingerprint density at radius 2 is 1.92 bits per heavy atom. The van der Waals surface area contributed by atoms with E-state index < -0.39 is 11.6 Å². The molecule has 0 saturated carbocycles. The van der Waals surface area contributed by atoms with Crippen LogP contribution in [0.5, 0.6) is 0 Å². The minimum absolute atomic E-state index is 0.0399. The molecule has 0 atom stereocenters. The Hall–Kier alpha value is -2.79. The predicted molar refractivity (Wildman–Crippen MR) is 99.5 cm³/mol. The number of aryl methyl sites for hydroxylation is 2. The van der Waals surface area contributed by atoms with Crippen LogP contribution in [0.25, 0.3) is 11.0 Å². The van der Waals surface area contributed by atoms with E-state index in [0.29, 0.717) is 16.2 Å². The summed E-state index contributed by atoms with van der Waals surface area (Å²) in [7, 11) is 0. The molecule has 0 radical (unpaired) electrons. The normalized spacial score (nSPS) is 13.0. The lowest BCUT2D eigenvalue weighted by atomic mass is 10.0. The van der Waals surface area contributed by atoms with Crippen molar-refractivity contribution in [2.75, 3.05) is 5.73 Å². The van der Waals surface area contributed by atoms with Crippen LogP contribution in [0.3, 0.4) is 0 Å².